The summed E-state index contributed by atoms with van der Waals surface area (Å²) in [6, 6.07) is 2.66. The number of carbonyl (C=O) groups excluding carboxylic acids is 1. The van der Waals surface area contributed by atoms with E-state index in [1.807, 2.05) is 0 Å². The van der Waals surface area contributed by atoms with Crippen molar-refractivity contribution in [2.24, 2.45) is 0 Å². The van der Waals surface area contributed by atoms with E-state index in [0.717, 1.165) is 0 Å². The minimum absolute atomic E-state index is 0.168. The van der Waals surface area contributed by atoms with Crippen LogP contribution in [0.4, 0.5) is 0 Å². The van der Waals surface area contributed by atoms with Gasteiger partial charge in [-0.15, -0.1) is 0 Å². The summed E-state index contributed by atoms with van der Waals surface area (Å²) in [5, 5.41) is 35.4. The van der Waals surface area contributed by atoms with Gasteiger partial charge in [-0.05, 0) is 12.1 Å². The largest absolute Gasteiger partial charge is 0.455 e. The third-order valence-corrected chi connectivity index (χ3v) is 1.88. The first-order valence-electron chi connectivity index (χ1n) is 4.31. The molecular weight excluding hydrogens is 204 g/mol. The van der Waals surface area contributed by atoms with Gasteiger partial charge < -0.3 is 24.8 Å². The van der Waals surface area contributed by atoms with Crippen molar-refractivity contribution in [3.05, 3.63) is 23.7 Å². The van der Waals surface area contributed by atoms with E-state index in [0.29, 0.717) is 0 Å². The Kier molecular flexibility index (Phi) is 3.98. The van der Waals surface area contributed by atoms with Crippen LogP contribution in [-0.2, 0) is 6.61 Å². The number of Topliss-reactive ketones (excluding diaryl/α,β-unsaturated/α-hetero) is 1. The number of carbonyl (C=O) groups is 1. The number of ketones is 1. The van der Waals surface area contributed by atoms with E-state index in [9.17, 15) is 9.90 Å². The van der Waals surface area contributed by atoms with Crippen LogP contribution in [0, 0.1) is 0 Å². The van der Waals surface area contributed by atoms with Gasteiger partial charge in [0.15, 0.2) is 5.76 Å². The minimum atomic E-state index is -1.73. The Balaban J connectivity index is 2.75. The Labute approximate surface area is 85.4 Å². The lowest BCUT2D eigenvalue weighted by atomic mass is 10.1. The normalized spacial score (nSPS) is 14.9. The van der Waals surface area contributed by atoms with Gasteiger partial charge in [-0.1, -0.05) is 0 Å². The fourth-order valence-electron chi connectivity index (χ4n) is 1.02. The van der Waals surface area contributed by atoms with Crippen LogP contribution >= 0.6 is 0 Å². The predicted molar refractivity (Wildman–Crippen MR) is 48.1 cm³/mol. The highest BCUT2D eigenvalue weighted by molar-refractivity contribution is 5.97. The predicted octanol–water partition coefficient (Wildman–Crippen LogP) is -1.33. The van der Waals surface area contributed by atoms with Gasteiger partial charge in [-0.2, -0.15) is 0 Å². The summed E-state index contributed by atoms with van der Waals surface area (Å²) in [4.78, 5) is 11.4. The zero-order valence-electron chi connectivity index (χ0n) is 7.83. The maximum atomic E-state index is 11.4. The van der Waals surface area contributed by atoms with Crippen LogP contribution in [0.5, 0.6) is 0 Å². The van der Waals surface area contributed by atoms with E-state index in [-0.39, 0.29) is 18.1 Å². The van der Waals surface area contributed by atoms with Gasteiger partial charge in [0.25, 0.3) is 0 Å². The van der Waals surface area contributed by atoms with Gasteiger partial charge in [0.1, 0.15) is 24.6 Å². The van der Waals surface area contributed by atoms with Crippen molar-refractivity contribution in [3.63, 3.8) is 0 Å². The first-order chi connectivity index (χ1) is 7.10. The van der Waals surface area contributed by atoms with Gasteiger partial charge in [-0.25, -0.2) is 0 Å². The molecule has 0 saturated carbocycles. The molecule has 0 radical (unpaired) electrons. The molecule has 6 heteroatoms. The second kappa shape index (κ2) is 5.04. The number of hydrogen-bond donors (Lipinski definition) is 4. The monoisotopic (exact) mass is 216 g/mol. The zero-order valence-corrected chi connectivity index (χ0v) is 7.83. The molecule has 0 fully saturated rings. The third kappa shape index (κ3) is 2.63. The average molecular weight is 216 g/mol. The maximum Gasteiger partial charge on any atom is 0.229 e. The van der Waals surface area contributed by atoms with E-state index in [1.165, 1.54) is 12.1 Å². The third-order valence-electron chi connectivity index (χ3n) is 1.88. The van der Waals surface area contributed by atoms with E-state index < -0.39 is 24.6 Å². The summed E-state index contributed by atoms with van der Waals surface area (Å²) in [7, 11) is 0. The van der Waals surface area contributed by atoms with Crippen LogP contribution in [0.1, 0.15) is 16.3 Å². The van der Waals surface area contributed by atoms with Crippen LogP contribution in [0.25, 0.3) is 0 Å². The van der Waals surface area contributed by atoms with Gasteiger partial charge in [0.2, 0.25) is 5.78 Å². The molecule has 1 aromatic heterocycles. The summed E-state index contributed by atoms with van der Waals surface area (Å²) < 4.78 is 4.86. The van der Waals surface area contributed by atoms with Crippen molar-refractivity contribution >= 4 is 5.78 Å². The number of rotatable bonds is 5. The molecule has 0 aliphatic rings. The SMILES string of the molecule is O=C(c1ccc(CO)o1)C(O)C(O)CO. The molecule has 4 N–H and O–H groups in total. The number of furan rings is 1. The Morgan fingerprint density at radius 3 is 2.47 bits per heavy atom. The molecule has 1 rings (SSSR count). The molecule has 2 unspecified atom stereocenters. The molecule has 84 valence electrons. The van der Waals surface area contributed by atoms with Crippen LogP contribution in [0.15, 0.2) is 16.5 Å². The highest BCUT2D eigenvalue weighted by Gasteiger charge is 2.26. The summed E-state index contributed by atoms with van der Waals surface area (Å²) in [6.07, 6.45) is -3.27. The zero-order chi connectivity index (χ0) is 11.4. The quantitative estimate of drug-likeness (QED) is 0.454. The number of aliphatic hydroxyl groups excluding tert-OH is 4. The van der Waals surface area contributed by atoms with Crippen molar-refractivity contribution in [3.8, 4) is 0 Å². The molecule has 0 aliphatic carbocycles. The highest BCUT2D eigenvalue weighted by atomic mass is 16.4. The van der Waals surface area contributed by atoms with Gasteiger partial charge in [0.05, 0.1) is 6.61 Å². The highest BCUT2D eigenvalue weighted by Crippen LogP contribution is 2.11. The van der Waals surface area contributed by atoms with Crippen LogP contribution in [0.3, 0.4) is 0 Å². The van der Waals surface area contributed by atoms with E-state index in [2.05, 4.69) is 0 Å². The van der Waals surface area contributed by atoms with Crippen molar-refractivity contribution in [2.75, 3.05) is 6.61 Å². The van der Waals surface area contributed by atoms with Crippen molar-refractivity contribution in [1.29, 1.82) is 0 Å². The van der Waals surface area contributed by atoms with E-state index >= 15 is 0 Å². The second-order valence-corrected chi connectivity index (χ2v) is 2.98. The van der Waals surface area contributed by atoms with Crippen LogP contribution in [0.2, 0.25) is 0 Å². The van der Waals surface area contributed by atoms with Gasteiger partial charge in [-0.3, -0.25) is 4.79 Å². The van der Waals surface area contributed by atoms with Crippen LogP contribution in [-0.4, -0.2) is 45.0 Å². The Hall–Kier alpha value is -1.21. The molecule has 0 bridgehead atoms. The lowest BCUT2D eigenvalue weighted by Crippen LogP contribution is -2.36. The number of hydrogen-bond acceptors (Lipinski definition) is 6. The molecule has 0 spiro atoms. The standard InChI is InChI=1S/C9H12O6/c10-3-5-1-2-7(15-5)9(14)8(13)6(12)4-11/h1-2,6,8,10-13H,3-4H2. The van der Waals surface area contributed by atoms with E-state index in [4.69, 9.17) is 19.7 Å². The van der Waals surface area contributed by atoms with Gasteiger partial charge in [0, 0.05) is 0 Å². The summed E-state index contributed by atoms with van der Waals surface area (Å²) in [6.45, 7) is -1.08. The minimum Gasteiger partial charge on any atom is -0.455 e. The smallest absolute Gasteiger partial charge is 0.229 e. The molecule has 1 aromatic rings. The van der Waals surface area contributed by atoms with E-state index in [1.54, 1.807) is 0 Å². The molecule has 15 heavy (non-hydrogen) atoms. The topological polar surface area (TPSA) is 111 Å². The fraction of sp³-hybridized carbons (Fsp3) is 0.444. The molecule has 0 aromatic carbocycles. The molecule has 6 nitrogen and oxygen atoms in total. The molecular formula is C9H12O6. The molecule has 2 atom stereocenters. The van der Waals surface area contributed by atoms with Crippen molar-refractivity contribution in [1.82, 2.24) is 0 Å². The first kappa shape index (κ1) is 11.9. The fourth-order valence-corrected chi connectivity index (χ4v) is 1.02. The Bertz CT molecular complexity index is 331. The molecule has 1 heterocycles. The summed E-state index contributed by atoms with van der Waals surface area (Å²) in [5.41, 5.74) is 0. The lowest BCUT2D eigenvalue weighted by Gasteiger charge is -2.12. The summed E-state index contributed by atoms with van der Waals surface area (Å²) >= 11 is 0. The lowest BCUT2D eigenvalue weighted by molar-refractivity contribution is -0.00630. The van der Waals surface area contributed by atoms with Crippen LogP contribution < -0.4 is 0 Å². The first-order valence-corrected chi connectivity index (χ1v) is 4.31. The maximum absolute atomic E-state index is 11.4. The number of aliphatic hydroxyl groups is 4. The summed E-state index contributed by atoms with van der Waals surface area (Å²) in [5.74, 6) is -0.820. The average Bonchev–Trinajstić information content (AvgIpc) is 2.74. The van der Waals surface area contributed by atoms with Crippen molar-refractivity contribution < 1.29 is 29.6 Å². The Morgan fingerprint density at radius 1 is 1.33 bits per heavy atom. The molecule has 0 saturated heterocycles. The second-order valence-electron chi connectivity index (χ2n) is 2.98. The molecule has 0 amide bonds. The molecule has 0 aliphatic heterocycles. The Morgan fingerprint density at radius 2 is 2.00 bits per heavy atom. The van der Waals surface area contributed by atoms with Gasteiger partial charge >= 0.3 is 0 Å². The van der Waals surface area contributed by atoms with Crippen molar-refractivity contribution in [2.45, 2.75) is 18.8 Å².